The molecule has 0 heterocycles. The molecule has 23 heavy (non-hydrogen) atoms. The molecule has 0 fully saturated rings. The van der Waals surface area contributed by atoms with Gasteiger partial charge in [0.05, 0.1) is 0 Å². The van der Waals surface area contributed by atoms with Crippen LogP contribution in [0.25, 0.3) is 0 Å². The van der Waals surface area contributed by atoms with Crippen molar-refractivity contribution >= 4 is 15.9 Å². The second kappa shape index (κ2) is 6.87. The molecule has 0 amide bonds. The molecule has 0 unspecified atom stereocenters. The average molecular weight is 340 g/mol. The van der Waals surface area contributed by atoms with E-state index in [2.05, 4.69) is 0 Å². The average Bonchev–Trinajstić information content (AvgIpc) is 2.48. The zero-order chi connectivity index (χ0) is 17.0. The third kappa shape index (κ3) is 4.59. The van der Waals surface area contributed by atoms with Gasteiger partial charge in [0.25, 0.3) is 0 Å². The number of hydrogen-bond acceptors (Lipinski definition) is 4. The molecule has 0 spiro atoms. The van der Waals surface area contributed by atoms with E-state index in [9.17, 15) is 22.0 Å². The van der Waals surface area contributed by atoms with Crippen molar-refractivity contribution in [3.63, 3.8) is 0 Å². The molecule has 2 aromatic carbocycles. The van der Waals surface area contributed by atoms with Crippen molar-refractivity contribution in [1.82, 2.24) is 0 Å². The van der Waals surface area contributed by atoms with Crippen LogP contribution in [-0.4, -0.2) is 14.2 Å². The molecule has 0 aliphatic heterocycles. The van der Waals surface area contributed by atoms with E-state index >= 15 is 0 Å². The van der Waals surface area contributed by atoms with E-state index in [0.717, 1.165) is 17.7 Å². The Morgan fingerprint density at radius 1 is 1.09 bits per heavy atom. The maximum atomic E-state index is 13.6. The summed E-state index contributed by atoms with van der Waals surface area (Å²) in [6.45, 7) is 1.48. The second-order valence-electron chi connectivity index (χ2n) is 4.96. The standard InChI is InChI=1S/C16H14F2O4S/c1-11(19)2-3-12-4-7-14(8-5-12)22-23(20,21)16-10-13(17)6-9-15(16)18/h4-10H,2-3H2,1H3. The van der Waals surface area contributed by atoms with Crippen molar-refractivity contribution < 1.29 is 26.2 Å². The second-order valence-corrected chi connectivity index (χ2v) is 6.47. The third-order valence-corrected chi connectivity index (χ3v) is 4.32. The number of aryl methyl sites for hydroxylation is 1. The van der Waals surface area contributed by atoms with Gasteiger partial charge in [-0.15, -0.1) is 0 Å². The molecule has 0 bridgehead atoms. The number of rotatable bonds is 6. The molecule has 0 aliphatic rings. The molecular formula is C16H14F2O4S. The Balaban J connectivity index is 2.17. The van der Waals surface area contributed by atoms with Crippen LogP contribution in [0.15, 0.2) is 47.4 Å². The summed E-state index contributed by atoms with van der Waals surface area (Å²) in [6, 6.07) is 8.10. The minimum atomic E-state index is -4.47. The number of carbonyl (C=O) groups excluding carboxylic acids is 1. The Morgan fingerprint density at radius 3 is 2.35 bits per heavy atom. The summed E-state index contributed by atoms with van der Waals surface area (Å²) in [4.78, 5) is 10.1. The van der Waals surface area contributed by atoms with E-state index in [1.54, 1.807) is 12.1 Å². The Kier molecular flexibility index (Phi) is 5.10. The number of ketones is 1. The highest BCUT2D eigenvalue weighted by molar-refractivity contribution is 7.87. The van der Waals surface area contributed by atoms with Gasteiger partial charge in [-0.2, -0.15) is 8.42 Å². The number of hydrogen-bond donors (Lipinski definition) is 0. The lowest BCUT2D eigenvalue weighted by atomic mass is 10.1. The zero-order valence-electron chi connectivity index (χ0n) is 12.3. The highest BCUT2D eigenvalue weighted by atomic mass is 32.2. The molecular weight excluding hydrogens is 326 g/mol. The summed E-state index contributed by atoms with van der Waals surface area (Å²) in [5.74, 6) is -1.95. The molecule has 0 aliphatic carbocycles. The van der Waals surface area contributed by atoms with E-state index in [-0.39, 0.29) is 11.5 Å². The molecule has 4 nitrogen and oxygen atoms in total. The maximum absolute atomic E-state index is 13.6. The fraction of sp³-hybridized carbons (Fsp3) is 0.188. The van der Waals surface area contributed by atoms with Crippen LogP contribution in [0.2, 0.25) is 0 Å². The summed E-state index contributed by atoms with van der Waals surface area (Å²) < 4.78 is 55.5. The van der Waals surface area contributed by atoms with Crippen molar-refractivity contribution in [1.29, 1.82) is 0 Å². The van der Waals surface area contributed by atoms with Crippen molar-refractivity contribution in [2.45, 2.75) is 24.7 Å². The summed E-state index contributed by atoms with van der Waals surface area (Å²) >= 11 is 0. The van der Waals surface area contributed by atoms with Gasteiger partial charge in [-0.1, -0.05) is 12.1 Å². The van der Waals surface area contributed by atoms with Gasteiger partial charge in [0.1, 0.15) is 28.1 Å². The van der Waals surface area contributed by atoms with Crippen LogP contribution in [0.5, 0.6) is 5.75 Å². The Bertz CT molecular complexity index is 814. The first-order valence-corrected chi connectivity index (χ1v) is 8.17. The van der Waals surface area contributed by atoms with Gasteiger partial charge >= 0.3 is 10.1 Å². The predicted molar refractivity (Wildman–Crippen MR) is 79.6 cm³/mol. The number of Topliss-reactive ketones (excluding diaryl/α,β-unsaturated/α-hetero) is 1. The van der Waals surface area contributed by atoms with Crippen molar-refractivity contribution in [2.24, 2.45) is 0 Å². The zero-order valence-corrected chi connectivity index (χ0v) is 13.1. The minimum Gasteiger partial charge on any atom is -0.379 e. The highest BCUT2D eigenvalue weighted by Crippen LogP contribution is 2.22. The van der Waals surface area contributed by atoms with Gasteiger partial charge in [-0.3, -0.25) is 0 Å². The van der Waals surface area contributed by atoms with Crippen LogP contribution in [0.1, 0.15) is 18.9 Å². The van der Waals surface area contributed by atoms with Crippen molar-refractivity contribution in [3.8, 4) is 5.75 Å². The fourth-order valence-corrected chi connectivity index (χ4v) is 2.89. The van der Waals surface area contributed by atoms with Gasteiger partial charge in [0.2, 0.25) is 0 Å². The van der Waals surface area contributed by atoms with Gasteiger partial charge < -0.3 is 8.98 Å². The summed E-state index contributed by atoms with van der Waals surface area (Å²) in [6.07, 6.45) is 0.911. The lowest BCUT2D eigenvalue weighted by molar-refractivity contribution is -0.116. The molecule has 0 N–H and O–H groups in total. The fourth-order valence-electron chi connectivity index (χ4n) is 1.87. The number of carbonyl (C=O) groups is 1. The van der Waals surface area contributed by atoms with E-state index < -0.39 is 26.6 Å². The van der Waals surface area contributed by atoms with Gasteiger partial charge in [0, 0.05) is 6.42 Å². The summed E-state index contributed by atoms with van der Waals surface area (Å²) in [5, 5.41) is 0. The first-order valence-electron chi connectivity index (χ1n) is 6.76. The first kappa shape index (κ1) is 17.1. The summed E-state index contributed by atoms with van der Waals surface area (Å²) in [7, 11) is -4.47. The van der Waals surface area contributed by atoms with Crippen LogP contribution >= 0.6 is 0 Å². The molecule has 0 saturated carbocycles. The monoisotopic (exact) mass is 340 g/mol. The van der Waals surface area contributed by atoms with Gasteiger partial charge in [0.15, 0.2) is 0 Å². The van der Waals surface area contributed by atoms with Crippen LogP contribution in [0.4, 0.5) is 8.78 Å². The van der Waals surface area contributed by atoms with Crippen molar-refractivity contribution in [2.75, 3.05) is 0 Å². The molecule has 0 radical (unpaired) electrons. The van der Waals surface area contributed by atoms with E-state index in [1.807, 2.05) is 0 Å². The minimum absolute atomic E-state index is 0.0276. The number of benzene rings is 2. The normalized spacial score (nSPS) is 11.3. The van der Waals surface area contributed by atoms with E-state index in [1.165, 1.54) is 19.1 Å². The molecule has 0 aromatic heterocycles. The van der Waals surface area contributed by atoms with Crippen LogP contribution in [0.3, 0.4) is 0 Å². The van der Waals surface area contributed by atoms with Gasteiger partial charge in [-0.25, -0.2) is 8.78 Å². The molecule has 7 heteroatoms. The summed E-state index contributed by atoms with van der Waals surface area (Å²) in [5.41, 5.74) is 0.835. The Hall–Kier alpha value is -2.28. The molecule has 2 aromatic rings. The predicted octanol–water partition coefficient (Wildman–Crippen LogP) is 3.25. The SMILES string of the molecule is CC(=O)CCc1ccc(OS(=O)(=O)c2cc(F)ccc2F)cc1. The lowest BCUT2D eigenvalue weighted by Crippen LogP contribution is -2.12. The topological polar surface area (TPSA) is 60.4 Å². The number of halogens is 2. The molecule has 0 saturated heterocycles. The van der Waals surface area contributed by atoms with Crippen LogP contribution < -0.4 is 4.18 Å². The molecule has 122 valence electrons. The van der Waals surface area contributed by atoms with Gasteiger partial charge in [-0.05, 0) is 49.2 Å². The third-order valence-electron chi connectivity index (χ3n) is 3.06. The van der Waals surface area contributed by atoms with Crippen LogP contribution in [0, 0.1) is 11.6 Å². The molecule has 2 rings (SSSR count). The molecule has 0 atom stereocenters. The Labute approximate surface area is 132 Å². The highest BCUT2D eigenvalue weighted by Gasteiger charge is 2.22. The Morgan fingerprint density at radius 2 is 1.74 bits per heavy atom. The van der Waals surface area contributed by atoms with Crippen LogP contribution in [-0.2, 0) is 21.3 Å². The van der Waals surface area contributed by atoms with E-state index in [0.29, 0.717) is 18.9 Å². The van der Waals surface area contributed by atoms with E-state index in [4.69, 9.17) is 4.18 Å². The quantitative estimate of drug-likeness (QED) is 0.758. The van der Waals surface area contributed by atoms with Crippen molar-refractivity contribution in [3.05, 3.63) is 59.7 Å². The maximum Gasteiger partial charge on any atom is 0.342 e. The lowest BCUT2D eigenvalue weighted by Gasteiger charge is -2.08. The smallest absolute Gasteiger partial charge is 0.342 e. The largest absolute Gasteiger partial charge is 0.379 e. The first-order chi connectivity index (χ1) is 10.8.